The van der Waals surface area contributed by atoms with Gasteiger partial charge in [-0.15, -0.1) is 0 Å². The second kappa shape index (κ2) is 4.81. The minimum absolute atomic E-state index is 0.198. The molecule has 13 heavy (non-hydrogen) atoms. The van der Waals surface area contributed by atoms with E-state index in [1.54, 1.807) is 12.1 Å². The number of aliphatic hydroxyl groups is 2. The third-order valence-corrected chi connectivity index (χ3v) is 2.24. The zero-order chi connectivity index (χ0) is 9.84. The lowest BCUT2D eigenvalue weighted by Crippen LogP contribution is -2.19. The summed E-state index contributed by atoms with van der Waals surface area (Å²) in [6.07, 6.45) is -0.409. The first-order valence-corrected chi connectivity index (χ1v) is 4.74. The Morgan fingerprint density at radius 1 is 1.46 bits per heavy atom. The van der Waals surface area contributed by atoms with Gasteiger partial charge in [0.05, 0.1) is 6.10 Å². The van der Waals surface area contributed by atoms with E-state index in [4.69, 9.17) is 11.6 Å². The van der Waals surface area contributed by atoms with Crippen LogP contribution in [0.3, 0.4) is 0 Å². The highest BCUT2D eigenvalue weighted by Crippen LogP contribution is 2.17. The fourth-order valence-electron chi connectivity index (χ4n) is 0.884. The summed E-state index contributed by atoms with van der Waals surface area (Å²) in [6, 6.07) is 3.18. The molecule has 3 nitrogen and oxygen atoms in total. The largest absolute Gasteiger partial charge is 0.389 e. The van der Waals surface area contributed by atoms with Crippen LogP contribution in [0.15, 0.2) is 18.3 Å². The molecule has 2 N–H and O–H groups in total. The normalized spacial score (nSPS) is 15.4. The van der Waals surface area contributed by atoms with Crippen molar-refractivity contribution in [3.63, 3.8) is 0 Å². The first kappa shape index (κ1) is 10.8. The zero-order valence-electron chi connectivity index (χ0n) is 6.76. The van der Waals surface area contributed by atoms with Crippen molar-refractivity contribution in [2.24, 2.45) is 0 Å². The number of rotatable bonds is 3. The molecule has 0 aliphatic carbocycles. The van der Waals surface area contributed by atoms with Gasteiger partial charge in [0.2, 0.25) is 0 Å². The van der Waals surface area contributed by atoms with Crippen molar-refractivity contribution in [1.82, 2.24) is 4.98 Å². The Morgan fingerprint density at radius 3 is 2.62 bits per heavy atom. The molecule has 0 aliphatic heterocycles. The van der Waals surface area contributed by atoms with Crippen molar-refractivity contribution >= 4 is 24.2 Å². The topological polar surface area (TPSA) is 53.4 Å². The molecule has 2 unspecified atom stereocenters. The van der Waals surface area contributed by atoms with E-state index in [1.807, 2.05) is 0 Å². The molecule has 0 aromatic carbocycles. The van der Waals surface area contributed by atoms with E-state index in [1.165, 1.54) is 6.20 Å². The number of pyridine rings is 1. The number of hydrogen-bond donors (Lipinski definition) is 3. The maximum atomic E-state index is 9.50. The van der Waals surface area contributed by atoms with Gasteiger partial charge in [0, 0.05) is 17.5 Å². The number of thiol groups is 1. The smallest absolute Gasteiger partial charge is 0.129 e. The van der Waals surface area contributed by atoms with Crippen molar-refractivity contribution in [3.05, 3.63) is 29.0 Å². The van der Waals surface area contributed by atoms with Crippen LogP contribution in [-0.2, 0) is 0 Å². The van der Waals surface area contributed by atoms with E-state index in [0.717, 1.165) is 0 Å². The molecule has 2 atom stereocenters. The lowest BCUT2D eigenvalue weighted by Gasteiger charge is -2.15. The van der Waals surface area contributed by atoms with Gasteiger partial charge < -0.3 is 10.2 Å². The molecule has 0 fully saturated rings. The predicted molar refractivity (Wildman–Crippen MR) is 54.1 cm³/mol. The molecule has 5 heteroatoms. The van der Waals surface area contributed by atoms with Gasteiger partial charge in [-0.25, -0.2) is 4.98 Å². The fraction of sp³-hybridized carbons (Fsp3) is 0.375. The zero-order valence-corrected chi connectivity index (χ0v) is 8.41. The van der Waals surface area contributed by atoms with Gasteiger partial charge in [-0.1, -0.05) is 17.7 Å². The van der Waals surface area contributed by atoms with Gasteiger partial charge in [0.15, 0.2) is 0 Å². The third-order valence-electron chi connectivity index (χ3n) is 1.64. The molecule has 0 saturated heterocycles. The average Bonchev–Trinajstić information content (AvgIpc) is 2.17. The molecule has 72 valence electrons. The van der Waals surface area contributed by atoms with Gasteiger partial charge in [-0.05, 0) is 6.07 Å². The molecule has 1 rings (SSSR count). The Morgan fingerprint density at radius 2 is 2.15 bits per heavy atom. The summed E-state index contributed by atoms with van der Waals surface area (Å²) in [4.78, 5) is 3.79. The van der Waals surface area contributed by atoms with E-state index in [0.29, 0.717) is 10.7 Å². The van der Waals surface area contributed by atoms with Crippen LogP contribution in [0, 0.1) is 0 Å². The van der Waals surface area contributed by atoms with Crippen molar-refractivity contribution in [2.45, 2.75) is 12.2 Å². The third kappa shape index (κ3) is 2.84. The summed E-state index contributed by atoms with van der Waals surface area (Å²) < 4.78 is 0. The lowest BCUT2D eigenvalue weighted by atomic mass is 10.1. The molecule has 1 aromatic rings. The SMILES string of the molecule is OC(CS)C(O)c1ccc(Cl)nc1. The second-order valence-corrected chi connectivity index (χ2v) is 3.36. The molecule has 1 aromatic heterocycles. The summed E-state index contributed by atoms with van der Waals surface area (Å²) in [5, 5.41) is 19.1. The van der Waals surface area contributed by atoms with Crippen LogP contribution < -0.4 is 0 Å². The predicted octanol–water partition coefficient (Wildman–Crippen LogP) is 1.06. The molecule has 0 bridgehead atoms. The van der Waals surface area contributed by atoms with Crippen LogP contribution >= 0.6 is 24.2 Å². The average molecular weight is 220 g/mol. The van der Waals surface area contributed by atoms with E-state index in [2.05, 4.69) is 17.6 Å². The Bertz CT molecular complexity index is 267. The number of aliphatic hydroxyl groups excluding tert-OH is 2. The number of aromatic nitrogens is 1. The molecule has 0 amide bonds. The molecule has 0 aliphatic rings. The Kier molecular flexibility index (Phi) is 3.99. The van der Waals surface area contributed by atoms with Crippen LogP contribution in [0.5, 0.6) is 0 Å². The highest BCUT2D eigenvalue weighted by molar-refractivity contribution is 7.80. The number of halogens is 1. The van der Waals surface area contributed by atoms with E-state index < -0.39 is 12.2 Å². The van der Waals surface area contributed by atoms with Gasteiger partial charge in [0.25, 0.3) is 0 Å². The van der Waals surface area contributed by atoms with Crippen molar-refractivity contribution in [2.75, 3.05) is 5.75 Å². The van der Waals surface area contributed by atoms with Crippen LogP contribution in [0.25, 0.3) is 0 Å². The van der Waals surface area contributed by atoms with Gasteiger partial charge >= 0.3 is 0 Å². The molecular weight excluding hydrogens is 210 g/mol. The highest BCUT2D eigenvalue weighted by atomic mass is 35.5. The minimum Gasteiger partial charge on any atom is -0.389 e. The standard InChI is InChI=1S/C8H10ClNO2S/c9-7-2-1-5(3-10-7)8(12)6(11)4-13/h1-3,6,8,11-13H,4H2. The van der Waals surface area contributed by atoms with Crippen molar-refractivity contribution in [1.29, 1.82) is 0 Å². The van der Waals surface area contributed by atoms with Crippen molar-refractivity contribution < 1.29 is 10.2 Å². The minimum atomic E-state index is -0.956. The monoisotopic (exact) mass is 219 g/mol. The summed E-state index contributed by atoms with van der Waals surface area (Å²) in [5.74, 6) is 0.198. The maximum absolute atomic E-state index is 9.50. The first-order chi connectivity index (χ1) is 6.15. The van der Waals surface area contributed by atoms with Crippen LogP contribution in [0.4, 0.5) is 0 Å². The van der Waals surface area contributed by atoms with Crippen LogP contribution in [-0.4, -0.2) is 27.1 Å². The number of nitrogens with zero attached hydrogens (tertiary/aromatic N) is 1. The van der Waals surface area contributed by atoms with E-state index in [9.17, 15) is 10.2 Å². The number of hydrogen-bond acceptors (Lipinski definition) is 4. The quantitative estimate of drug-likeness (QED) is 0.527. The van der Waals surface area contributed by atoms with Gasteiger partial charge in [-0.3, -0.25) is 0 Å². The van der Waals surface area contributed by atoms with Gasteiger partial charge in [0.1, 0.15) is 11.3 Å². The second-order valence-electron chi connectivity index (χ2n) is 2.61. The van der Waals surface area contributed by atoms with E-state index in [-0.39, 0.29) is 5.75 Å². The molecule has 1 heterocycles. The molecule has 0 spiro atoms. The summed E-state index contributed by atoms with van der Waals surface area (Å²) in [6.45, 7) is 0. The Hall–Kier alpha value is -0.290. The highest BCUT2D eigenvalue weighted by Gasteiger charge is 2.16. The Labute approximate surface area is 86.8 Å². The summed E-state index contributed by atoms with van der Waals surface area (Å²) >= 11 is 9.43. The maximum Gasteiger partial charge on any atom is 0.129 e. The van der Waals surface area contributed by atoms with Crippen molar-refractivity contribution in [3.8, 4) is 0 Å². The van der Waals surface area contributed by atoms with Crippen LogP contribution in [0.1, 0.15) is 11.7 Å². The molecule has 0 saturated carbocycles. The molecule has 0 radical (unpaired) electrons. The Balaban J connectivity index is 2.77. The summed E-state index contributed by atoms with van der Waals surface area (Å²) in [5.41, 5.74) is 0.533. The molecular formula is C8H10ClNO2S. The summed E-state index contributed by atoms with van der Waals surface area (Å²) in [7, 11) is 0. The first-order valence-electron chi connectivity index (χ1n) is 3.73. The lowest BCUT2D eigenvalue weighted by molar-refractivity contribution is 0.0335. The fourth-order valence-corrected chi connectivity index (χ4v) is 1.20. The van der Waals surface area contributed by atoms with Crippen LogP contribution in [0.2, 0.25) is 5.15 Å². The van der Waals surface area contributed by atoms with Gasteiger partial charge in [-0.2, -0.15) is 12.6 Å². The van der Waals surface area contributed by atoms with E-state index >= 15 is 0 Å².